The number of thiazole rings is 1. The molecule has 0 unspecified atom stereocenters. The Morgan fingerprint density at radius 3 is 2.86 bits per heavy atom. The van der Waals surface area contributed by atoms with Crippen molar-refractivity contribution in [1.82, 2.24) is 15.2 Å². The van der Waals surface area contributed by atoms with Gasteiger partial charge in [-0.1, -0.05) is 0 Å². The SMILES string of the molecule is Cc1ncsc1CN(C)Cc1cc(CNC2CC2)oc1C. The minimum Gasteiger partial charge on any atom is -0.465 e. The maximum Gasteiger partial charge on any atom is 0.118 e. The second kappa shape index (κ2) is 6.30. The summed E-state index contributed by atoms with van der Waals surface area (Å²) >= 11 is 1.73. The quantitative estimate of drug-likeness (QED) is 0.852. The van der Waals surface area contributed by atoms with E-state index in [1.165, 1.54) is 23.3 Å². The number of nitrogens with zero attached hydrogens (tertiary/aromatic N) is 2. The van der Waals surface area contributed by atoms with Crippen molar-refractivity contribution in [2.24, 2.45) is 0 Å². The lowest BCUT2D eigenvalue weighted by Crippen LogP contribution is -2.17. The van der Waals surface area contributed by atoms with Gasteiger partial charge in [0, 0.05) is 29.6 Å². The molecule has 21 heavy (non-hydrogen) atoms. The molecule has 4 nitrogen and oxygen atoms in total. The van der Waals surface area contributed by atoms with E-state index >= 15 is 0 Å². The summed E-state index contributed by atoms with van der Waals surface area (Å²) in [5.41, 5.74) is 4.35. The molecule has 2 heterocycles. The van der Waals surface area contributed by atoms with E-state index in [4.69, 9.17) is 4.42 Å². The molecule has 0 bridgehead atoms. The van der Waals surface area contributed by atoms with Gasteiger partial charge in [-0.15, -0.1) is 11.3 Å². The largest absolute Gasteiger partial charge is 0.465 e. The highest BCUT2D eigenvalue weighted by molar-refractivity contribution is 7.09. The molecule has 0 radical (unpaired) electrons. The highest BCUT2D eigenvalue weighted by Crippen LogP contribution is 2.22. The van der Waals surface area contributed by atoms with Crippen molar-refractivity contribution in [1.29, 1.82) is 0 Å². The Morgan fingerprint density at radius 1 is 1.38 bits per heavy atom. The van der Waals surface area contributed by atoms with E-state index in [1.807, 2.05) is 5.51 Å². The highest BCUT2D eigenvalue weighted by Gasteiger charge is 2.21. The summed E-state index contributed by atoms with van der Waals surface area (Å²) in [7, 11) is 2.15. The molecular weight excluding hydrogens is 282 g/mol. The first-order valence-electron chi connectivity index (χ1n) is 7.51. The van der Waals surface area contributed by atoms with Crippen LogP contribution >= 0.6 is 11.3 Å². The summed E-state index contributed by atoms with van der Waals surface area (Å²) in [6, 6.07) is 2.91. The van der Waals surface area contributed by atoms with Gasteiger partial charge in [-0.2, -0.15) is 0 Å². The van der Waals surface area contributed by atoms with Gasteiger partial charge in [0.2, 0.25) is 0 Å². The molecule has 2 aromatic rings. The first kappa shape index (κ1) is 14.8. The number of rotatable bonds is 7. The van der Waals surface area contributed by atoms with Crippen LogP contribution in [-0.2, 0) is 19.6 Å². The molecule has 1 fully saturated rings. The van der Waals surface area contributed by atoms with Crippen molar-refractivity contribution < 1.29 is 4.42 Å². The molecular formula is C16H23N3OS. The van der Waals surface area contributed by atoms with E-state index in [2.05, 4.69) is 42.2 Å². The van der Waals surface area contributed by atoms with Crippen LogP contribution in [0.1, 0.15) is 40.5 Å². The lowest BCUT2D eigenvalue weighted by molar-refractivity contribution is 0.318. The molecule has 0 aromatic carbocycles. The summed E-state index contributed by atoms with van der Waals surface area (Å²) < 4.78 is 5.85. The Labute approximate surface area is 130 Å². The van der Waals surface area contributed by atoms with Crippen LogP contribution in [0.2, 0.25) is 0 Å². The van der Waals surface area contributed by atoms with Gasteiger partial charge in [0.15, 0.2) is 0 Å². The maximum atomic E-state index is 5.85. The minimum absolute atomic E-state index is 0.718. The molecule has 114 valence electrons. The molecule has 1 N–H and O–H groups in total. The van der Waals surface area contributed by atoms with Crippen molar-refractivity contribution in [2.75, 3.05) is 7.05 Å². The zero-order valence-corrected chi connectivity index (χ0v) is 13.8. The molecule has 0 saturated heterocycles. The van der Waals surface area contributed by atoms with Crippen molar-refractivity contribution in [3.05, 3.63) is 39.2 Å². The number of aryl methyl sites for hydroxylation is 2. The third kappa shape index (κ3) is 3.93. The van der Waals surface area contributed by atoms with Crippen LogP contribution in [0, 0.1) is 13.8 Å². The zero-order chi connectivity index (χ0) is 14.8. The Bertz CT molecular complexity index is 600. The Kier molecular flexibility index (Phi) is 4.42. The van der Waals surface area contributed by atoms with Gasteiger partial charge in [0.1, 0.15) is 11.5 Å². The van der Waals surface area contributed by atoms with Crippen LogP contribution in [0.3, 0.4) is 0 Å². The van der Waals surface area contributed by atoms with Gasteiger partial charge in [-0.3, -0.25) is 4.90 Å². The van der Waals surface area contributed by atoms with Gasteiger partial charge >= 0.3 is 0 Å². The number of nitrogens with one attached hydrogen (secondary N) is 1. The predicted octanol–water partition coefficient (Wildman–Crippen LogP) is 3.24. The summed E-state index contributed by atoms with van der Waals surface area (Å²) in [5.74, 6) is 2.09. The van der Waals surface area contributed by atoms with Crippen molar-refractivity contribution in [3.63, 3.8) is 0 Å². The molecule has 5 heteroatoms. The number of hydrogen-bond donors (Lipinski definition) is 1. The average Bonchev–Trinajstić information content (AvgIpc) is 3.10. The van der Waals surface area contributed by atoms with Gasteiger partial charge in [-0.25, -0.2) is 4.98 Å². The van der Waals surface area contributed by atoms with Crippen molar-refractivity contribution in [2.45, 2.75) is 52.4 Å². The topological polar surface area (TPSA) is 41.3 Å². The molecule has 0 aliphatic heterocycles. The summed E-state index contributed by atoms with van der Waals surface area (Å²) in [5, 5.41) is 3.50. The van der Waals surface area contributed by atoms with Gasteiger partial charge in [0.25, 0.3) is 0 Å². The minimum atomic E-state index is 0.718. The lowest BCUT2D eigenvalue weighted by atomic mass is 10.2. The number of aromatic nitrogens is 1. The van der Waals surface area contributed by atoms with E-state index in [1.54, 1.807) is 11.3 Å². The van der Waals surface area contributed by atoms with Gasteiger partial charge in [-0.05, 0) is 39.8 Å². The third-order valence-corrected chi connectivity index (χ3v) is 4.83. The molecule has 0 spiro atoms. The predicted molar refractivity (Wildman–Crippen MR) is 85.3 cm³/mol. The smallest absolute Gasteiger partial charge is 0.118 e. The monoisotopic (exact) mass is 305 g/mol. The molecule has 2 aromatic heterocycles. The van der Waals surface area contributed by atoms with E-state index in [-0.39, 0.29) is 0 Å². The average molecular weight is 305 g/mol. The summed E-state index contributed by atoms with van der Waals surface area (Å²) in [6.07, 6.45) is 2.62. The van der Waals surface area contributed by atoms with Crippen molar-refractivity contribution in [3.8, 4) is 0 Å². The fraction of sp³-hybridized carbons (Fsp3) is 0.562. The molecule has 0 amide bonds. The van der Waals surface area contributed by atoms with Crippen LogP contribution in [0.25, 0.3) is 0 Å². The van der Waals surface area contributed by atoms with Crippen molar-refractivity contribution >= 4 is 11.3 Å². The van der Waals surface area contributed by atoms with Crippen LogP contribution in [-0.4, -0.2) is 23.0 Å². The molecule has 1 aliphatic rings. The molecule has 3 rings (SSSR count). The van der Waals surface area contributed by atoms with Gasteiger partial charge < -0.3 is 9.73 Å². The second-order valence-corrected chi connectivity index (χ2v) is 6.92. The lowest BCUT2D eigenvalue weighted by Gasteiger charge is -2.15. The fourth-order valence-corrected chi connectivity index (χ4v) is 3.29. The van der Waals surface area contributed by atoms with E-state index in [0.717, 1.165) is 42.9 Å². The van der Waals surface area contributed by atoms with Gasteiger partial charge in [0.05, 0.1) is 17.7 Å². The maximum absolute atomic E-state index is 5.85. The van der Waals surface area contributed by atoms with Crippen LogP contribution in [0.5, 0.6) is 0 Å². The normalized spacial score (nSPS) is 15.0. The van der Waals surface area contributed by atoms with Crippen LogP contribution in [0.4, 0.5) is 0 Å². The first-order valence-corrected chi connectivity index (χ1v) is 8.39. The van der Waals surface area contributed by atoms with E-state index in [9.17, 15) is 0 Å². The van der Waals surface area contributed by atoms with Crippen LogP contribution < -0.4 is 5.32 Å². The second-order valence-electron chi connectivity index (χ2n) is 5.98. The van der Waals surface area contributed by atoms with Crippen LogP contribution in [0.15, 0.2) is 16.0 Å². The Balaban J connectivity index is 1.57. The standard InChI is InChI=1S/C16H23N3OS/c1-11-16(21-10-18-11)9-19(3)8-13-6-15(20-12(13)2)7-17-14-4-5-14/h6,10,14,17H,4-5,7-9H2,1-3H3. The summed E-state index contributed by atoms with van der Waals surface area (Å²) in [6.45, 7) is 6.84. The molecule has 1 aliphatic carbocycles. The van der Waals surface area contributed by atoms with E-state index < -0.39 is 0 Å². The third-order valence-electron chi connectivity index (χ3n) is 3.91. The summed E-state index contributed by atoms with van der Waals surface area (Å²) in [4.78, 5) is 7.97. The van der Waals surface area contributed by atoms with E-state index in [0.29, 0.717) is 0 Å². The molecule has 1 saturated carbocycles. The fourth-order valence-electron chi connectivity index (χ4n) is 2.43. The number of hydrogen-bond acceptors (Lipinski definition) is 5. The highest BCUT2D eigenvalue weighted by atomic mass is 32.1. The zero-order valence-electron chi connectivity index (χ0n) is 13.0. The number of furan rings is 1. The Morgan fingerprint density at radius 2 is 2.19 bits per heavy atom. The Hall–Kier alpha value is -1.17. The molecule has 0 atom stereocenters. The first-order chi connectivity index (χ1) is 10.1.